The summed E-state index contributed by atoms with van der Waals surface area (Å²) >= 11 is 6.30. The smallest absolute Gasteiger partial charge is 0.323 e. The van der Waals surface area contributed by atoms with Crippen LogP contribution in [-0.2, 0) is 51.2 Å². The Morgan fingerprint density at radius 2 is 1.15 bits per heavy atom. The maximum absolute atomic E-state index is 11.9. The van der Waals surface area contributed by atoms with E-state index in [1.165, 1.54) is 5.56 Å². The van der Waals surface area contributed by atoms with Crippen LogP contribution in [0.25, 0.3) is 0 Å². The normalized spacial score (nSPS) is 16.4. The summed E-state index contributed by atoms with van der Waals surface area (Å²) in [6, 6.07) is 19.0. The highest BCUT2D eigenvalue weighted by atomic mass is 79.9. The Morgan fingerprint density at radius 3 is 1.48 bits per heavy atom. The second-order valence-corrected chi connectivity index (χ2v) is 11.5. The molecule has 2 aromatic rings. The number of alkyl halides is 3. The van der Waals surface area contributed by atoms with Gasteiger partial charge in [0.15, 0.2) is 0 Å². The van der Waals surface area contributed by atoms with Gasteiger partial charge in [0.1, 0.15) is 21.7 Å². The molecule has 0 bridgehead atoms. The molecule has 2 N–H and O–H groups in total. The number of ether oxygens (including phenoxy) is 4. The van der Waals surface area contributed by atoms with Crippen molar-refractivity contribution in [2.45, 2.75) is 75.4 Å². The van der Waals surface area contributed by atoms with Crippen molar-refractivity contribution in [2.24, 2.45) is 5.73 Å². The minimum absolute atomic E-state index is 0.269. The lowest BCUT2D eigenvalue weighted by Crippen LogP contribution is -2.62. The van der Waals surface area contributed by atoms with Crippen molar-refractivity contribution < 1.29 is 43.9 Å². The molecule has 1 aliphatic heterocycles. The summed E-state index contributed by atoms with van der Waals surface area (Å²) in [6.07, 6.45) is 0.766. The van der Waals surface area contributed by atoms with E-state index in [2.05, 4.69) is 31.9 Å². The van der Waals surface area contributed by atoms with E-state index in [1.54, 1.807) is 27.7 Å². The summed E-state index contributed by atoms with van der Waals surface area (Å²) in [4.78, 5) is 47.2. The quantitative estimate of drug-likeness (QED) is 0.158. The van der Waals surface area contributed by atoms with Crippen LogP contribution >= 0.6 is 31.9 Å². The minimum atomic E-state index is -1.00. The highest BCUT2D eigenvalue weighted by Gasteiger charge is 2.48. The predicted octanol–water partition coefficient (Wildman–Crippen LogP) is 5.52. The first kappa shape index (κ1) is 41.2. The molecule has 10 nitrogen and oxygen atoms in total. The standard InChI is InChI=1S/C16H21NO4.C9H14Br2O4.C7H9N.CH3F/c1-3-20-15(18)13-10-14(16(19)21-4-2)17(13)11-12-8-6-5-7-9-12;1-3-14-8(12)6(10)5-7(11)9(13)15-4-2;8-6-7-4-2-1-3-5-7;1-2/h5-9,13-14H,3-4,10-11H2,1-2H3;6-7H,3-5H2,1-2H3;1-5H,6,8H2;1H3/t13-,14+;;;/i;;;1D. The van der Waals surface area contributed by atoms with Gasteiger partial charge in [-0.25, -0.2) is 0 Å². The molecule has 0 spiro atoms. The summed E-state index contributed by atoms with van der Waals surface area (Å²) in [7, 11) is -1.00. The largest absolute Gasteiger partial charge is 0.465 e. The fourth-order valence-corrected chi connectivity index (χ4v) is 5.48. The molecule has 2 unspecified atom stereocenters. The van der Waals surface area contributed by atoms with Crippen molar-refractivity contribution >= 4 is 55.7 Å². The van der Waals surface area contributed by atoms with Crippen LogP contribution in [0.1, 0.15) is 53.0 Å². The number of benzene rings is 2. The monoisotopic (exact) mass is 777 g/mol. The molecule has 0 radical (unpaired) electrons. The van der Waals surface area contributed by atoms with Crippen LogP contribution in [0.5, 0.6) is 0 Å². The number of halogens is 3. The molecule has 0 aliphatic carbocycles. The van der Waals surface area contributed by atoms with Crippen LogP contribution in [0.3, 0.4) is 0 Å². The topological polar surface area (TPSA) is 134 Å². The number of hydrogen-bond donors (Lipinski definition) is 1. The lowest BCUT2D eigenvalue weighted by atomic mass is 9.91. The molecule has 46 heavy (non-hydrogen) atoms. The van der Waals surface area contributed by atoms with Gasteiger partial charge in [-0.2, -0.15) is 0 Å². The zero-order chi connectivity index (χ0) is 35.6. The summed E-state index contributed by atoms with van der Waals surface area (Å²) in [5.74, 6) is -1.28. The molecule has 258 valence electrons. The molecule has 4 atom stereocenters. The van der Waals surface area contributed by atoms with E-state index in [-0.39, 0.29) is 36.0 Å². The minimum Gasteiger partial charge on any atom is -0.465 e. The molecule has 2 aromatic carbocycles. The fraction of sp³-hybridized carbons (Fsp3) is 0.515. The van der Waals surface area contributed by atoms with Crippen molar-refractivity contribution in [1.29, 1.82) is 0 Å². The number of carbonyl (C=O) groups is 4. The van der Waals surface area contributed by atoms with Gasteiger partial charge in [0, 0.05) is 13.1 Å². The number of rotatable bonds is 13. The molecule has 1 aliphatic rings. The van der Waals surface area contributed by atoms with E-state index in [0.717, 1.165) is 5.56 Å². The second-order valence-electron chi connectivity index (χ2n) is 9.29. The lowest BCUT2D eigenvalue weighted by Gasteiger charge is -2.45. The molecule has 1 heterocycles. The van der Waals surface area contributed by atoms with Crippen LogP contribution in [0.15, 0.2) is 60.7 Å². The summed E-state index contributed by atoms with van der Waals surface area (Å²) in [5.41, 5.74) is 7.59. The third kappa shape index (κ3) is 16.6. The highest BCUT2D eigenvalue weighted by molar-refractivity contribution is 9.10. The zero-order valence-corrected chi connectivity index (χ0v) is 30.0. The van der Waals surface area contributed by atoms with Gasteiger partial charge in [0.05, 0.1) is 35.0 Å². The first-order valence-electron chi connectivity index (χ1n) is 15.6. The number of likely N-dealkylation sites (tertiary alicyclic amines) is 1. The number of nitrogens with zero attached hydrogens (tertiary/aromatic N) is 1. The summed E-state index contributed by atoms with van der Waals surface area (Å²) in [6.45, 7) is 9.54. The molecular weight excluding hydrogens is 731 g/mol. The second kappa shape index (κ2) is 26.2. The molecule has 1 fully saturated rings. The summed E-state index contributed by atoms with van der Waals surface area (Å²) in [5, 5.41) is 0. The molecule has 1 saturated heterocycles. The SMILES string of the molecule is CCOC(=O)C(Br)CC(Br)C(=O)OCC.CCOC(=O)[C@H]1C[C@@H](C(=O)OCC)N1Cc1ccccc1.NCc1ccccc1.[2H]CF. The van der Waals surface area contributed by atoms with Gasteiger partial charge in [-0.3, -0.25) is 28.5 Å². The van der Waals surface area contributed by atoms with E-state index >= 15 is 0 Å². The van der Waals surface area contributed by atoms with Gasteiger partial charge < -0.3 is 24.7 Å². The third-order valence-electron chi connectivity index (χ3n) is 6.15. The summed E-state index contributed by atoms with van der Waals surface area (Å²) < 4.78 is 35.2. The number of carbonyl (C=O) groups excluding carboxylic acids is 4. The van der Waals surface area contributed by atoms with Gasteiger partial charge >= 0.3 is 23.9 Å². The van der Waals surface area contributed by atoms with E-state index < -0.39 is 16.8 Å². The van der Waals surface area contributed by atoms with Crippen LogP contribution < -0.4 is 5.73 Å². The van der Waals surface area contributed by atoms with Crippen molar-refractivity contribution in [3.05, 3.63) is 71.8 Å². The van der Waals surface area contributed by atoms with Crippen molar-refractivity contribution in [3.8, 4) is 0 Å². The van der Waals surface area contributed by atoms with Crippen LogP contribution in [0, 0.1) is 0 Å². The van der Waals surface area contributed by atoms with Crippen LogP contribution in [-0.4, -0.2) is 84.1 Å². The van der Waals surface area contributed by atoms with E-state index in [1.807, 2.05) is 65.6 Å². The Morgan fingerprint density at radius 1 is 0.783 bits per heavy atom. The Labute approximate surface area is 290 Å². The maximum atomic E-state index is 11.9. The van der Waals surface area contributed by atoms with Crippen molar-refractivity contribution in [3.63, 3.8) is 0 Å². The van der Waals surface area contributed by atoms with Crippen LogP contribution in [0.4, 0.5) is 4.39 Å². The van der Waals surface area contributed by atoms with Gasteiger partial charge in [0.25, 0.3) is 0 Å². The average Bonchev–Trinajstić information content (AvgIpc) is 3.05. The lowest BCUT2D eigenvalue weighted by molar-refractivity contribution is -0.171. The van der Waals surface area contributed by atoms with Gasteiger partial charge in [-0.05, 0) is 51.7 Å². The fourth-order valence-electron chi connectivity index (χ4n) is 3.97. The van der Waals surface area contributed by atoms with Crippen LogP contribution in [0.2, 0.25) is 0 Å². The molecule has 0 aromatic heterocycles. The van der Waals surface area contributed by atoms with E-state index in [4.69, 9.17) is 26.1 Å². The Bertz CT molecular complexity index is 1110. The molecular formula is C33H47Br2FN2O8. The molecule has 0 amide bonds. The van der Waals surface area contributed by atoms with Gasteiger partial charge in [0.2, 0.25) is 0 Å². The first-order valence-corrected chi connectivity index (χ1v) is 16.7. The predicted molar refractivity (Wildman–Crippen MR) is 182 cm³/mol. The van der Waals surface area contributed by atoms with E-state index in [9.17, 15) is 23.6 Å². The molecule has 3 rings (SSSR count). The third-order valence-corrected chi connectivity index (χ3v) is 7.64. The maximum Gasteiger partial charge on any atom is 0.323 e. The zero-order valence-electron chi connectivity index (χ0n) is 27.9. The van der Waals surface area contributed by atoms with E-state index in [0.29, 0.717) is 52.4 Å². The first-order chi connectivity index (χ1) is 22.5. The number of nitrogens with two attached hydrogens (primary N) is 1. The highest BCUT2D eigenvalue weighted by Crippen LogP contribution is 2.30. The van der Waals surface area contributed by atoms with Crippen molar-refractivity contribution in [1.82, 2.24) is 4.90 Å². The number of hydrogen-bond acceptors (Lipinski definition) is 10. The Hall–Kier alpha value is -2.87. The number of esters is 4. The van der Waals surface area contributed by atoms with Gasteiger partial charge in [-0.1, -0.05) is 92.5 Å². The Kier molecular flexibility index (Phi) is 23.5. The van der Waals surface area contributed by atoms with Gasteiger partial charge in [-0.15, -0.1) is 0 Å². The molecule has 13 heteroatoms. The van der Waals surface area contributed by atoms with Crippen molar-refractivity contribution in [2.75, 3.05) is 33.6 Å². The Balaban J connectivity index is 0.000000706. The molecule has 0 saturated carbocycles. The average molecular weight is 780 g/mol.